The van der Waals surface area contributed by atoms with Gasteiger partial charge >= 0.3 is 12.4 Å². The number of nitrogens with zero attached hydrogens (tertiary/aromatic N) is 4. The average molecular weight is 576 g/mol. The van der Waals surface area contributed by atoms with Crippen LogP contribution in [0.15, 0.2) is 23.1 Å². The molecule has 0 atom stereocenters. The van der Waals surface area contributed by atoms with E-state index in [0.717, 1.165) is 0 Å². The summed E-state index contributed by atoms with van der Waals surface area (Å²) in [5, 5.41) is 8.84. The second-order valence-corrected chi connectivity index (χ2v) is 10.4. The molecule has 2 aromatic heterocycles. The van der Waals surface area contributed by atoms with Crippen LogP contribution in [0.4, 0.5) is 32.2 Å². The second kappa shape index (κ2) is 10.4. The molecule has 3 heterocycles. The number of piperazine rings is 1. The fraction of sp³-hybridized carbons (Fsp3) is 0.542. The van der Waals surface area contributed by atoms with E-state index in [1.54, 1.807) is 23.6 Å². The van der Waals surface area contributed by atoms with Crippen molar-refractivity contribution in [1.82, 2.24) is 25.4 Å². The van der Waals surface area contributed by atoms with Crippen molar-refractivity contribution in [3.8, 4) is 0 Å². The Hall–Kier alpha value is -3.69. The number of aromatic amines is 1. The van der Waals surface area contributed by atoms with Crippen molar-refractivity contribution in [2.45, 2.75) is 50.6 Å². The zero-order chi connectivity index (χ0) is 29.6. The number of aromatic nitrogens is 3. The molecule has 218 valence electrons. The molecule has 40 heavy (non-hydrogen) atoms. The number of carbonyl (C=O) groups is 2. The highest BCUT2D eigenvalue weighted by atomic mass is 19.4. The number of nitrogens with one attached hydrogen (secondary N) is 2. The number of halogens is 6. The number of amides is 2. The molecule has 2 amide bonds. The Morgan fingerprint density at radius 1 is 1.02 bits per heavy atom. The molecule has 0 spiro atoms. The largest absolute Gasteiger partial charge is 0.421 e. The highest BCUT2D eigenvalue weighted by Gasteiger charge is 2.42. The summed E-state index contributed by atoms with van der Waals surface area (Å²) >= 11 is 0. The molecular weight excluding hydrogens is 548 g/mol. The number of H-pyrrole nitrogens is 1. The lowest BCUT2D eigenvalue weighted by Gasteiger charge is -2.43. The van der Waals surface area contributed by atoms with Crippen LogP contribution in [0.3, 0.4) is 0 Å². The molecule has 0 bridgehead atoms. The van der Waals surface area contributed by atoms with Gasteiger partial charge in [0, 0.05) is 44.3 Å². The van der Waals surface area contributed by atoms with Gasteiger partial charge in [-0.1, -0.05) is 0 Å². The molecular formula is C24H27F6N7O3. The van der Waals surface area contributed by atoms with E-state index in [1.165, 1.54) is 0 Å². The monoisotopic (exact) mass is 575 g/mol. The molecule has 4 rings (SSSR count). The molecule has 2 fully saturated rings. The van der Waals surface area contributed by atoms with Crippen LogP contribution < -0.4 is 21.5 Å². The first kappa shape index (κ1) is 29.3. The van der Waals surface area contributed by atoms with Crippen molar-refractivity contribution < 1.29 is 35.9 Å². The maximum absolute atomic E-state index is 13.1. The molecule has 0 aromatic carbocycles. The van der Waals surface area contributed by atoms with E-state index in [-0.39, 0.29) is 61.1 Å². The van der Waals surface area contributed by atoms with Crippen molar-refractivity contribution in [3.05, 3.63) is 51.1 Å². The summed E-state index contributed by atoms with van der Waals surface area (Å²) in [7, 11) is 0. The number of hydrogen-bond donors (Lipinski definition) is 3. The number of anilines is 1. The van der Waals surface area contributed by atoms with Gasteiger partial charge < -0.3 is 20.9 Å². The van der Waals surface area contributed by atoms with Crippen LogP contribution in [0.2, 0.25) is 0 Å². The standard InChI is InChI=1S/C24H27F6N7O3/c1-22(2,17-10-16(24(28,29)30)20(39)35-34-17)33-14-7-12(8-14)21(40)37-5-3-36(4-6-37)19-15(18(31)38)9-13(11-32-19)23(25,26)27/h9-12,14,33H,3-8H2,1-2H3,(H2,31,38)(H,35,39). The predicted octanol–water partition coefficient (Wildman–Crippen LogP) is 2.25. The minimum absolute atomic E-state index is 0.00229. The Balaban J connectivity index is 1.33. The molecule has 1 saturated heterocycles. The molecule has 10 nitrogen and oxygen atoms in total. The molecule has 1 aliphatic heterocycles. The van der Waals surface area contributed by atoms with E-state index in [9.17, 15) is 40.7 Å². The number of primary amides is 1. The van der Waals surface area contributed by atoms with Gasteiger partial charge in [-0.3, -0.25) is 14.4 Å². The summed E-state index contributed by atoms with van der Waals surface area (Å²) in [5.41, 5.74) is 0.135. The third-order valence-electron chi connectivity index (χ3n) is 7.15. The van der Waals surface area contributed by atoms with Gasteiger partial charge in [-0.25, -0.2) is 10.1 Å². The maximum atomic E-state index is 13.1. The van der Waals surface area contributed by atoms with Crippen molar-refractivity contribution >= 4 is 17.6 Å². The smallest absolute Gasteiger partial charge is 0.365 e. The van der Waals surface area contributed by atoms with Crippen LogP contribution in [-0.2, 0) is 22.7 Å². The van der Waals surface area contributed by atoms with Gasteiger partial charge in [0.25, 0.3) is 11.5 Å². The third-order valence-corrected chi connectivity index (χ3v) is 7.15. The van der Waals surface area contributed by atoms with Crippen LogP contribution in [0.1, 0.15) is 53.9 Å². The highest BCUT2D eigenvalue weighted by Crippen LogP contribution is 2.35. The maximum Gasteiger partial charge on any atom is 0.421 e. The minimum Gasteiger partial charge on any atom is -0.365 e. The molecule has 16 heteroatoms. The quantitative estimate of drug-likeness (QED) is 0.450. The summed E-state index contributed by atoms with van der Waals surface area (Å²) in [6.07, 6.45) is -8.01. The zero-order valence-corrected chi connectivity index (χ0v) is 21.5. The number of carbonyl (C=O) groups excluding carboxylic acids is 2. The van der Waals surface area contributed by atoms with E-state index in [1.807, 2.05) is 5.10 Å². The molecule has 4 N–H and O–H groups in total. The molecule has 0 unspecified atom stereocenters. The number of pyridine rings is 1. The van der Waals surface area contributed by atoms with Crippen LogP contribution in [-0.4, -0.2) is 64.1 Å². The van der Waals surface area contributed by atoms with Gasteiger partial charge in [-0.05, 0) is 38.8 Å². The van der Waals surface area contributed by atoms with Crippen LogP contribution in [0, 0.1) is 5.92 Å². The topological polar surface area (TPSA) is 137 Å². The second-order valence-electron chi connectivity index (χ2n) is 10.4. The lowest BCUT2D eigenvalue weighted by molar-refractivity contribution is -0.140. The number of rotatable bonds is 6. The molecule has 1 saturated carbocycles. The van der Waals surface area contributed by atoms with Gasteiger partial charge in [0.2, 0.25) is 5.91 Å². The lowest BCUT2D eigenvalue weighted by Crippen LogP contribution is -2.56. The predicted molar refractivity (Wildman–Crippen MR) is 129 cm³/mol. The molecule has 2 aliphatic rings. The van der Waals surface area contributed by atoms with Crippen LogP contribution >= 0.6 is 0 Å². The first-order valence-electron chi connectivity index (χ1n) is 12.3. The molecule has 2 aromatic rings. The lowest BCUT2D eigenvalue weighted by atomic mass is 9.77. The van der Waals surface area contributed by atoms with E-state index >= 15 is 0 Å². The fourth-order valence-corrected chi connectivity index (χ4v) is 4.90. The summed E-state index contributed by atoms with van der Waals surface area (Å²) in [6.45, 7) is 4.20. The number of hydrogen-bond acceptors (Lipinski definition) is 7. The third kappa shape index (κ3) is 6.05. The van der Waals surface area contributed by atoms with E-state index in [4.69, 9.17) is 5.73 Å². The Bertz CT molecular complexity index is 1340. The van der Waals surface area contributed by atoms with E-state index in [0.29, 0.717) is 31.2 Å². The highest BCUT2D eigenvalue weighted by molar-refractivity contribution is 5.98. The summed E-state index contributed by atoms with van der Waals surface area (Å²) in [4.78, 5) is 43.4. The minimum atomic E-state index is -4.83. The van der Waals surface area contributed by atoms with Crippen molar-refractivity contribution in [2.75, 3.05) is 31.1 Å². The Morgan fingerprint density at radius 3 is 2.20 bits per heavy atom. The first-order chi connectivity index (χ1) is 18.5. The Kier molecular flexibility index (Phi) is 7.60. The summed E-state index contributed by atoms with van der Waals surface area (Å²) < 4.78 is 78.5. The van der Waals surface area contributed by atoms with Gasteiger partial charge in [0.15, 0.2) is 0 Å². The van der Waals surface area contributed by atoms with E-state index < -0.39 is 40.5 Å². The SMILES string of the molecule is CC(C)(NC1CC(C(=O)N2CCN(c3ncc(C(F)(F)F)cc3C(N)=O)CC2)C1)c1cc(C(F)(F)F)c(=O)[nH]n1. The zero-order valence-electron chi connectivity index (χ0n) is 21.5. The van der Waals surface area contributed by atoms with Crippen molar-refractivity contribution in [2.24, 2.45) is 11.7 Å². The van der Waals surface area contributed by atoms with Gasteiger partial charge in [-0.2, -0.15) is 31.4 Å². The average Bonchev–Trinajstić information content (AvgIpc) is 2.84. The van der Waals surface area contributed by atoms with E-state index in [2.05, 4.69) is 15.4 Å². The van der Waals surface area contributed by atoms with Crippen molar-refractivity contribution in [1.29, 1.82) is 0 Å². The fourth-order valence-electron chi connectivity index (χ4n) is 4.90. The van der Waals surface area contributed by atoms with Gasteiger partial charge in [0.05, 0.1) is 22.4 Å². The summed E-state index contributed by atoms with van der Waals surface area (Å²) in [5.74, 6) is -1.46. The Labute approximate surface area is 223 Å². The van der Waals surface area contributed by atoms with Crippen molar-refractivity contribution in [3.63, 3.8) is 0 Å². The normalized spacial score (nSPS) is 20.3. The molecule has 1 aliphatic carbocycles. The van der Waals surface area contributed by atoms with Crippen LogP contribution in [0.5, 0.6) is 0 Å². The van der Waals surface area contributed by atoms with Gasteiger partial charge in [0.1, 0.15) is 11.4 Å². The van der Waals surface area contributed by atoms with Gasteiger partial charge in [-0.15, -0.1) is 0 Å². The summed E-state index contributed by atoms with van der Waals surface area (Å²) in [6, 6.07) is 1.20. The van der Waals surface area contributed by atoms with Crippen LogP contribution in [0.25, 0.3) is 0 Å². The molecule has 0 radical (unpaired) electrons. The first-order valence-corrected chi connectivity index (χ1v) is 12.3. The number of alkyl halides is 6. The number of nitrogens with two attached hydrogens (primary N) is 1. The Morgan fingerprint density at radius 2 is 1.65 bits per heavy atom.